The molecule has 1 saturated heterocycles. The number of nitrogens with zero attached hydrogens (tertiary/aromatic N) is 2. The zero-order chi connectivity index (χ0) is 13.2. The Kier molecular flexibility index (Phi) is 3.98. The van der Waals surface area contributed by atoms with Gasteiger partial charge in [-0.25, -0.2) is 13.4 Å². The fourth-order valence-electron chi connectivity index (χ4n) is 1.95. The van der Waals surface area contributed by atoms with Gasteiger partial charge in [0.15, 0.2) is 9.84 Å². The molecule has 1 fully saturated rings. The third-order valence-electron chi connectivity index (χ3n) is 3.03. The predicted octanol–water partition coefficient (Wildman–Crippen LogP) is -0.161. The molecular formula is C11H17N3O3S. The van der Waals surface area contributed by atoms with E-state index < -0.39 is 15.2 Å². The minimum atomic E-state index is -3.47. The topological polar surface area (TPSA) is 75.9 Å². The molecule has 1 aromatic rings. The Morgan fingerprint density at radius 1 is 1.28 bits per heavy atom. The number of nitrogens with two attached hydrogens (primary N) is 1. The number of hydroxylamine groups is 2. The fraction of sp³-hybridized carbons (Fsp3) is 0.455. The Labute approximate surface area is 107 Å². The quantitative estimate of drug-likeness (QED) is 0.770. The lowest BCUT2D eigenvalue weighted by Crippen LogP contribution is -2.58. The second kappa shape index (κ2) is 5.33. The van der Waals surface area contributed by atoms with Gasteiger partial charge in [0, 0.05) is 13.1 Å². The Morgan fingerprint density at radius 2 is 1.94 bits per heavy atom. The first-order valence-corrected chi connectivity index (χ1v) is 7.19. The van der Waals surface area contributed by atoms with Crippen LogP contribution in [-0.4, -0.2) is 50.6 Å². The lowest BCUT2D eigenvalue weighted by atomic mass is 10.4. The molecule has 1 aliphatic heterocycles. The fourth-order valence-corrected chi connectivity index (χ4v) is 3.63. The SMILES string of the molecule is CON1CCN(N)C(S(=O)(=O)c2ccccc2)C1. The summed E-state index contributed by atoms with van der Waals surface area (Å²) in [6.45, 7) is 1.28. The first-order valence-electron chi connectivity index (χ1n) is 5.65. The van der Waals surface area contributed by atoms with Crippen LogP contribution in [0.25, 0.3) is 0 Å². The van der Waals surface area contributed by atoms with Gasteiger partial charge in [0.1, 0.15) is 5.37 Å². The molecule has 1 heterocycles. The van der Waals surface area contributed by atoms with Gasteiger partial charge < -0.3 is 4.84 Å². The average molecular weight is 271 g/mol. The van der Waals surface area contributed by atoms with Gasteiger partial charge in [-0.2, -0.15) is 5.06 Å². The van der Waals surface area contributed by atoms with Gasteiger partial charge in [0.25, 0.3) is 0 Å². The van der Waals surface area contributed by atoms with E-state index in [1.54, 1.807) is 35.4 Å². The molecular weight excluding hydrogens is 254 g/mol. The largest absolute Gasteiger partial charge is 0.302 e. The van der Waals surface area contributed by atoms with Crippen molar-refractivity contribution in [2.45, 2.75) is 10.3 Å². The molecule has 0 spiro atoms. The van der Waals surface area contributed by atoms with Crippen molar-refractivity contribution in [2.24, 2.45) is 5.84 Å². The van der Waals surface area contributed by atoms with Crippen LogP contribution in [0.3, 0.4) is 0 Å². The van der Waals surface area contributed by atoms with E-state index in [1.165, 1.54) is 12.1 Å². The molecule has 0 saturated carbocycles. The maximum absolute atomic E-state index is 12.5. The van der Waals surface area contributed by atoms with Crippen molar-refractivity contribution >= 4 is 9.84 Å². The molecule has 2 N–H and O–H groups in total. The minimum absolute atomic E-state index is 0.240. The molecule has 0 bridgehead atoms. The van der Waals surface area contributed by atoms with Gasteiger partial charge in [-0.05, 0) is 12.1 Å². The van der Waals surface area contributed by atoms with E-state index in [-0.39, 0.29) is 11.4 Å². The number of benzene rings is 1. The van der Waals surface area contributed by atoms with Crippen molar-refractivity contribution in [2.75, 3.05) is 26.7 Å². The first-order chi connectivity index (χ1) is 8.55. The maximum Gasteiger partial charge on any atom is 0.197 e. The maximum atomic E-state index is 12.5. The van der Waals surface area contributed by atoms with Crippen molar-refractivity contribution in [3.8, 4) is 0 Å². The highest BCUT2D eigenvalue weighted by Crippen LogP contribution is 2.20. The molecule has 0 radical (unpaired) electrons. The summed E-state index contributed by atoms with van der Waals surface area (Å²) < 4.78 is 24.9. The highest BCUT2D eigenvalue weighted by atomic mass is 32.2. The number of hydrogen-bond acceptors (Lipinski definition) is 6. The molecule has 1 unspecified atom stereocenters. The molecule has 0 aromatic heterocycles. The highest BCUT2D eigenvalue weighted by Gasteiger charge is 2.36. The lowest BCUT2D eigenvalue weighted by Gasteiger charge is -2.36. The van der Waals surface area contributed by atoms with E-state index in [0.29, 0.717) is 13.1 Å². The molecule has 18 heavy (non-hydrogen) atoms. The summed E-state index contributed by atoms with van der Waals surface area (Å²) in [5, 5.41) is 2.18. The molecule has 100 valence electrons. The molecule has 1 aliphatic rings. The van der Waals surface area contributed by atoms with E-state index in [4.69, 9.17) is 10.7 Å². The van der Waals surface area contributed by atoms with Crippen LogP contribution in [0.15, 0.2) is 35.2 Å². The molecule has 0 amide bonds. The lowest BCUT2D eigenvalue weighted by molar-refractivity contribution is -0.156. The van der Waals surface area contributed by atoms with Gasteiger partial charge in [-0.3, -0.25) is 5.84 Å². The molecule has 2 rings (SSSR count). The standard InChI is InChI=1S/C11H17N3O3S/c1-17-13-7-8-14(12)11(9-13)18(15,16)10-5-3-2-4-6-10/h2-6,11H,7-9,12H2,1H3. The van der Waals surface area contributed by atoms with Gasteiger partial charge in [0.2, 0.25) is 0 Å². The zero-order valence-corrected chi connectivity index (χ0v) is 11.0. The van der Waals surface area contributed by atoms with Crippen molar-refractivity contribution in [1.29, 1.82) is 0 Å². The van der Waals surface area contributed by atoms with E-state index >= 15 is 0 Å². The number of hydrazine groups is 1. The summed E-state index contributed by atoms with van der Waals surface area (Å²) in [5.41, 5.74) is 0. The van der Waals surface area contributed by atoms with Crippen molar-refractivity contribution in [3.63, 3.8) is 0 Å². The molecule has 0 aliphatic carbocycles. The minimum Gasteiger partial charge on any atom is -0.302 e. The average Bonchev–Trinajstić information content (AvgIpc) is 2.40. The van der Waals surface area contributed by atoms with Crippen LogP contribution in [0.5, 0.6) is 0 Å². The predicted molar refractivity (Wildman–Crippen MR) is 66.9 cm³/mol. The van der Waals surface area contributed by atoms with Crippen molar-refractivity contribution < 1.29 is 13.3 Å². The highest BCUT2D eigenvalue weighted by molar-refractivity contribution is 7.92. The smallest absolute Gasteiger partial charge is 0.197 e. The van der Waals surface area contributed by atoms with Gasteiger partial charge in [-0.1, -0.05) is 18.2 Å². The molecule has 6 nitrogen and oxygen atoms in total. The molecule has 1 atom stereocenters. The van der Waals surface area contributed by atoms with Gasteiger partial charge >= 0.3 is 0 Å². The van der Waals surface area contributed by atoms with Crippen LogP contribution in [0.1, 0.15) is 0 Å². The van der Waals surface area contributed by atoms with Crippen LogP contribution in [-0.2, 0) is 14.7 Å². The van der Waals surface area contributed by atoms with E-state index in [9.17, 15) is 8.42 Å². The third kappa shape index (κ3) is 2.55. The Balaban J connectivity index is 2.29. The second-order valence-corrected chi connectivity index (χ2v) is 6.23. The number of sulfone groups is 1. The van der Waals surface area contributed by atoms with Crippen LogP contribution in [0.2, 0.25) is 0 Å². The number of rotatable bonds is 3. The van der Waals surface area contributed by atoms with Crippen LogP contribution >= 0.6 is 0 Å². The molecule has 1 aromatic carbocycles. The summed E-state index contributed by atoms with van der Waals surface area (Å²) >= 11 is 0. The van der Waals surface area contributed by atoms with Crippen LogP contribution in [0, 0.1) is 0 Å². The Morgan fingerprint density at radius 3 is 2.56 bits per heavy atom. The van der Waals surface area contributed by atoms with Crippen molar-refractivity contribution in [1.82, 2.24) is 10.1 Å². The van der Waals surface area contributed by atoms with E-state index in [1.807, 2.05) is 0 Å². The van der Waals surface area contributed by atoms with Crippen LogP contribution in [0.4, 0.5) is 0 Å². The summed E-state index contributed by atoms with van der Waals surface area (Å²) in [7, 11) is -1.95. The summed E-state index contributed by atoms with van der Waals surface area (Å²) in [4.78, 5) is 5.37. The third-order valence-corrected chi connectivity index (χ3v) is 5.09. The van der Waals surface area contributed by atoms with Gasteiger partial charge in [0.05, 0.1) is 18.6 Å². The zero-order valence-electron chi connectivity index (χ0n) is 10.2. The Bertz CT molecular complexity index is 492. The van der Waals surface area contributed by atoms with E-state index in [0.717, 1.165) is 0 Å². The normalized spacial score (nSPS) is 23.1. The first kappa shape index (κ1) is 13.4. The number of hydrogen-bond donors (Lipinski definition) is 1. The van der Waals surface area contributed by atoms with Gasteiger partial charge in [-0.15, -0.1) is 0 Å². The summed E-state index contributed by atoms with van der Waals surface area (Å²) in [6, 6.07) is 8.33. The summed E-state index contributed by atoms with van der Waals surface area (Å²) in [6.07, 6.45) is 0. The monoisotopic (exact) mass is 271 g/mol. The van der Waals surface area contributed by atoms with E-state index in [2.05, 4.69) is 0 Å². The second-order valence-electron chi connectivity index (χ2n) is 4.12. The van der Waals surface area contributed by atoms with Crippen molar-refractivity contribution in [3.05, 3.63) is 30.3 Å². The number of piperazine rings is 1. The molecule has 7 heteroatoms. The summed E-state index contributed by atoms with van der Waals surface area (Å²) in [5.74, 6) is 5.79. The van der Waals surface area contributed by atoms with Crippen LogP contribution < -0.4 is 5.84 Å². The Hall–Kier alpha value is -0.990.